The van der Waals surface area contributed by atoms with Gasteiger partial charge in [0.1, 0.15) is 5.60 Å². The Morgan fingerprint density at radius 3 is 2.78 bits per heavy atom. The minimum absolute atomic E-state index is 0.0530. The molecule has 3 saturated carbocycles. The monoisotopic (exact) mass is 489 g/mol. The lowest BCUT2D eigenvalue weighted by molar-refractivity contribution is -0.181. The van der Waals surface area contributed by atoms with Crippen LogP contribution in [0.1, 0.15) is 58.8 Å². The Morgan fingerprint density at radius 1 is 1.14 bits per heavy atom. The molecule has 0 bridgehead atoms. The van der Waals surface area contributed by atoms with Gasteiger partial charge in [0.25, 0.3) is 0 Å². The Bertz CT molecular complexity index is 1270. The molecule has 7 atom stereocenters. The number of rotatable bonds is 4. The van der Waals surface area contributed by atoms with Crippen molar-refractivity contribution in [1.29, 1.82) is 0 Å². The van der Waals surface area contributed by atoms with E-state index >= 15 is 0 Å². The number of pyridine rings is 1. The number of fused-ring (bicyclic) bond motifs is 6. The first-order valence-corrected chi connectivity index (χ1v) is 13.3. The quantitative estimate of drug-likeness (QED) is 0.660. The van der Waals surface area contributed by atoms with Crippen LogP contribution in [0.15, 0.2) is 48.2 Å². The van der Waals surface area contributed by atoms with Crippen LogP contribution < -0.4 is 4.74 Å². The fourth-order valence-electron chi connectivity index (χ4n) is 8.61. The summed E-state index contributed by atoms with van der Waals surface area (Å²) in [5.74, 6) is 0.663. The van der Waals surface area contributed by atoms with E-state index in [9.17, 15) is 19.8 Å². The van der Waals surface area contributed by atoms with Crippen molar-refractivity contribution in [2.45, 2.75) is 70.5 Å². The average Bonchev–Trinajstić information content (AvgIpc) is 3.13. The zero-order chi connectivity index (χ0) is 25.3. The van der Waals surface area contributed by atoms with E-state index in [4.69, 9.17) is 4.74 Å². The molecule has 36 heavy (non-hydrogen) atoms. The highest BCUT2D eigenvalue weighted by molar-refractivity contribution is 5.92. The van der Waals surface area contributed by atoms with Crippen LogP contribution in [-0.4, -0.2) is 45.1 Å². The Balaban J connectivity index is 1.26. The SMILES string of the molecule is CC12CCC(=O)C=C1CCC1C2[C@@H](O)CC2(C)C1CC[C@]2(O)C(=O)COc1nccc2ccccc12. The third-order valence-electron chi connectivity index (χ3n) is 10.5. The summed E-state index contributed by atoms with van der Waals surface area (Å²) in [7, 11) is 0. The number of ketones is 2. The molecule has 0 spiro atoms. The number of carbonyl (C=O) groups excluding carboxylic acids is 2. The molecule has 2 aromatic rings. The molecule has 1 aromatic carbocycles. The van der Waals surface area contributed by atoms with Crippen molar-refractivity contribution in [2.75, 3.05) is 6.61 Å². The molecule has 0 saturated heterocycles. The minimum Gasteiger partial charge on any atom is -0.469 e. The van der Waals surface area contributed by atoms with Gasteiger partial charge in [-0.15, -0.1) is 0 Å². The van der Waals surface area contributed by atoms with Gasteiger partial charge in [0, 0.05) is 23.4 Å². The van der Waals surface area contributed by atoms with Crippen molar-refractivity contribution in [3.05, 3.63) is 48.2 Å². The fourth-order valence-corrected chi connectivity index (χ4v) is 8.61. The number of aromatic nitrogens is 1. The zero-order valence-corrected chi connectivity index (χ0v) is 21.1. The summed E-state index contributed by atoms with van der Waals surface area (Å²) in [5, 5.41) is 25.3. The van der Waals surface area contributed by atoms with Gasteiger partial charge < -0.3 is 14.9 Å². The van der Waals surface area contributed by atoms with Crippen LogP contribution in [-0.2, 0) is 9.59 Å². The van der Waals surface area contributed by atoms with Gasteiger partial charge in [-0.3, -0.25) is 9.59 Å². The highest BCUT2D eigenvalue weighted by Crippen LogP contribution is 2.67. The number of Topliss-reactive ketones (excluding diaryl/α,β-unsaturated/α-hetero) is 1. The highest BCUT2D eigenvalue weighted by atomic mass is 16.5. The second-order valence-corrected chi connectivity index (χ2v) is 12.0. The van der Waals surface area contributed by atoms with E-state index in [1.54, 1.807) is 6.20 Å². The summed E-state index contributed by atoms with van der Waals surface area (Å²) >= 11 is 0. The van der Waals surface area contributed by atoms with Gasteiger partial charge in [-0.2, -0.15) is 0 Å². The van der Waals surface area contributed by atoms with Crippen molar-refractivity contribution in [3.8, 4) is 5.88 Å². The fraction of sp³-hybridized carbons (Fsp3) is 0.567. The maximum atomic E-state index is 13.6. The minimum atomic E-state index is -1.55. The van der Waals surface area contributed by atoms with Crippen molar-refractivity contribution in [3.63, 3.8) is 0 Å². The molecule has 6 nitrogen and oxygen atoms in total. The lowest BCUT2D eigenvalue weighted by Gasteiger charge is -2.60. The molecule has 0 aliphatic heterocycles. The summed E-state index contributed by atoms with van der Waals surface area (Å²) in [6.45, 7) is 3.96. The van der Waals surface area contributed by atoms with E-state index in [1.165, 1.54) is 5.57 Å². The second-order valence-electron chi connectivity index (χ2n) is 12.0. The number of hydrogen-bond acceptors (Lipinski definition) is 6. The van der Waals surface area contributed by atoms with Crippen molar-refractivity contribution < 1.29 is 24.5 Å². The Kier molecular flexibility index (Phi) is 5.44. The first-order chi connectivity index (χ1) is 17.2. The number of nitrogens with zero attached hydrogens (tertiary/aromatic N) is 1. The van der Waals surface area contributed by atoms with E-state index in [0.29, 0.717) is 25.1 Å². The first kappa shape index (κ1) is 23.8. The summed E-state index contributed by atoms with van der Waals surface area (Å²) in [6.07, 6.45) is 7.41. The second kappa shape index (κ2) is 8.22. The third kappa shape index (κ3) is 3.26. The standard InChI is InChI=1S/C30H35NO5/c1-28-12-9-20(32)15-19(28)7-8-22-23-10-13-30(35,29(23,2)16-24(33)26(22)28)25(34)17-36-27-21-6-4-3-5-18(21)11-14-31-27/h3-6,11,14-15,22-24,26,33,35H,7-10,12-13,16-17H2,1-2H3/t22?,23?,24-,26?,28?,29?,30-/m0/s1. The van der Waals surface area contributed by atoms with Gasteiger partial charge >= 0.3 is 0 Å². The molecule has 0 radical (unpaired) electrons. The predicted octanol–water partition coefficient (Wildman–Crippen LogP) is 4.42. The van der Waals surface area contributed by atoms with Crippen LogP contribution in [0.25, 0.3) is 10.8 Å². The van der Waals surface area contributed by atoms with E-state index in [0.717, 1.165) is 36.5 Å². The number of aliphatic hydroxyl groups excluding tert-OH is 1. The smallest absolute Gasteiger partial charge is 0.221 e. The van der Waals surface area contributed by atoms with Crippen LogP contribution >= 0.6 is 0 Å². The van der Waals surface area contributed by atoms with Crippen molar-refractivity contribution >= 4 is 22.3 Å². The molecule has 1 heterocycles. The highest BCUT2D eigenvalue weighted by Gasteiger charge is 2.68. The largest absolute Gasteiger partial charge is 0.469 e. The molecule has 6 rings (SSSR count). The lowest BCUT2D eigenvalue weighted by atomic mass is 9.45. The van der Waals surface area contributed by atoms with Crippen LogP contribution in [0.2, 0.25) is 0 Å². The molecule has 4 aliphatic rings. The Morgan fingerprint density at radius 2 is 1.94 bits per heavy atom. The Labute approximate surface area is 211 Å². The van der Waals surface area contributed by atoms with E-state index in [-0.39, 0.29) is 41.3 Å². The van der Waals surface area contributed by atoms with Crippen molar-refractivity contribution in [1.82, 2.24) is 4.98 Å². The number of hydrogen-bond donors (Lipinski definition) is 2. The average molecular weight is 490 g/mol. The number of allylic oxidation sites excluding steroid dienone is 1. The number of aliphatic hydroxyl groups is 2. The van der Waals surface area contributed by atoms with Crippen LogP contribution in [0.5, 0.6) is 5.88 Å². The normalized spacial score (nSPS) is 39.7. The first-order valence-electron chi connectivity index (χ1n) is 13.3. The van der Waals surface area contributed by atoms with Crippen LogP contribution in [0.3, 0.4) is 0 Å². The molecular formula is C30H35NO5. The molecular weight excluding hydrogens is 454 g/mol. The summed E-state index contributed by atoms with van der Waals surface area (Å²) in [5.41, 5.74) is -1.27. The summed E-state index contributed by atoms with van der Waals surface area (Å²) < 4.78 is 5.89. The Hall–Kier alpha value is -2.57. The molecule has 0 amide bonds. The van der Waals surface area contributed by atoms with E-state index < -0.39 is 17.1 Å². The summed E-state index contributed by atoms with van der Waals surface area (Å²) in [6, 6.07) is 9.62. The maximum Gasteiger partial charge on any atom is 0.221 e. The van der Waals surface area contributed by atoms with Gasteiger partial charge in [0.2, 0.25) is 11.7 Å². The van der Waals surface area contributed by atoms with Gasteiger partial charge in [0.15, 0.2) is 12.4 Å². The zero-order valence-electron chi connectivity index (χ0n) is 21.1. The van der Waals surface area contributed by atoms with Gasteiger partial charge in [-0.1, -0.05) is 37.6 Å². The predicted molar refractivity (Wildman–Crippen MR) is 135 cm³/mol. The maximum absolute atomic E-state index is 13.6. The van der Waals surface area contributed by atoms with Crippen LogP contribution in [0.4, 0.5) is 0 Å². The topological polar surface area (TPSA) is 96.7 Å². The number of ether oxygens (including phenoxy) is 1. The molecule has 2 N–H and O–H groups in total. The summed E-state index contributed by atoms with van der Waals surface area (Å²) in [4.78, 5) is 30.0. The van der Waals surface area contributed by atoms with E-state index in [1.807, 2.05) is 43.3 Å². The third-order valence-corrected chi connectivity index (χ3v) is 10.5. The number of carbonyl (C=O) groups is 2. The molecule has 5 unspecified atom stereocenters. The molecule has 3 fully saturated rings. The van der Waals surface area contributed by atoms with Crippen molar-refractivity contribution in [2.24, 2.45) is 28.6 Å². The lowest BCUT2D eigenvalue weighted by Crippen LogP contribution is -2.62. The molecule has 4 aliphatic carbocycles. The van der Waals surface area contributed by atoms with Gasteiger partial charge in [0.05, 0.1) is 6.10 Å². The van der Waals surface area contributed by atoms with Crippen LogP contribution in [0, 0.1) is 28.6 Å². The van der Waals surface area contributed by atoms with Gasteiger partial charge in [-0.05, 0) is 85.3 Å². The molecule has 6 heteroatoms. The van der Waals surface area contributed by atoms with Gasteiger partial charge in [-0.25, -0.2) is 4.98 Å². The van der Waals surface area contributed by atoms with E-state index in [2.05, 4.69) is 11.9 Å². The molecule has 190 valence electrons. The number of benzene rings is 1. The molecule has 1 aromatic heterocycles.